The molecule has 0 bridgehead atoms. The normalized spacial score (nSPS) is 21.4. The van der Waals surface area contributed by atoms with Crippen molar-refractivity contribution in [3.63, 3.8) is 0 Å². The van der Waals surface area contributed by atoms with Crippen LogP contribution >= 0.6 is 7.82 Å². The molecule has 1 saturated carbocycles. The average molecular weight is 1010 g/mol. The molecule has 12 nitrogen and oxygen atoms in total. The standard InChI is InChI=1S/C57H101O12P/c1-3-5-7-9-11-13-15-17-19-21-23-25-26-27-28-30-32-34-36-38-40-42-44-46-51(58)68-50(49-67-70(64,65)69-57-55(62)53(60)52(59)54(61)56(57)63)48-66-47-45-43-41-39-37-35-33-31-29-24-22-20-18-16-14-12-10-8-6-4-2/h5,7,11,13,17,19,23,25,27-28,32,34,50,52-57,59-63H,3-4,6,8-10,12,14-16,18,20-22,24,26,29-31,33,35-49H2,1-2H3,(H,64,65)/b7-5-,13-11-,19-17-,25-23-,28-27-,34-32-. The van der Waals surface area contributed by atoms with Crippen LogP contribution in [0.1, 0.15) is 219 Å². The predicted molar refractivity (Wildman–Crippen MR) is 285 cm³/mol. The largest absolute Gasteiger partial charge is 0.472 e. The Hall–Kier alpha value is -2.22. The van der Waals surface area contributed by atoms with Crippen molar-refractivity contribution in [2.75, 3.05) is 19.8 Å². The number of carbonyl (C=O) groups is 1. The highest BCUT2D eigenvalue weighted by molar-refractivity contribution is 7.47. The van der Waals surface area contributed by atoms with E-state index in [-0.39, 0.29) is 13.0 Å². The first-order valence-electron chi connectivity index (χ1n) is 27.8. The van der Waals surface area contributed by atoms with Gasteiger partial charge >= 0.3 is 13.8 Å². The molecule has 6 N–H and O–H groups in total. The maximum absolute atomic E-state index is 12.9. The van der Waals surface area contributed by atoms with Crippen LogP contribution < -0.4 is 0 Å². The molecule has 0 heterocycles. The van der Waals surface area contributed by atoms with E-state index in [9.17, 15) is 39.8 Å². The van der Waals surface area contributed by atoms with Gasteiger partial charge in [-0.3, -0.25) is 13.8 Å². The van der Waals surface area contributed by atoms with Gasteiger partial charge in [0.05, 0.1) is 13.2 Å². The number of phosphoric acid groups is 1. The van der Waals surface area contributed by atoms with Gasteiger partial charge in [-0.25, -0.2) is 4.57 Å². The smallest absolute Gasteiger partial charge is 0.457 e. The maximum atomic E-state index is 12.9. The number of esters is 1. The van der Waals surface area contributed by atoms with E-state index in [2.05, 4.69) is 86.8 Å². The molecule has 1 aliphatic rings. The lowest BCUT2D eigenvalue weighted by Gasteiger charge is -2.41. The van der Waals surface area contributed by atoms with Crippen LogP contribution in [0.25, 0.3) is 0 Å². The Bertz CT molecular complexity index is 1430. The zero-order valence-electron chi connectivity index (χ0n) is 43.8. The molecule has 1 aliphatic carbocycles. The summed E-state index contributed by atoms with van der Waals surface area (Å²) in [7, 11) is -5.04. The minimum Gasteiger partial charge on any atom is -0.457 e. The highest BCUT2D eigenvalue weighted by atomic mass is 31.2. The summed E-state index contributed by atoms with van der Waals surface area (Å²) in [5.74, 6) is -0.500. The second-order valence-electron chi connectivity index (χ2n) is 19.1. The third kappa shape index (κ3) is 37.5. The molecule has 0 aromatic rings. The summed E-state index contributed by atoms with van der Waals surface area (Å²) < 4.78 is 34.4. The minimum atomic E-state index is -5.04. The first kappa shape index (κ1) is 65.8. The summed E-state index contributed by atoms with van der Waals surface area (Å²) in [5.41, 5.74) is 0. The van der Waals surface area contributed by atoms with Crippen LogP contribution in [-0.2, 0) is 27.9 Å². The van der Waals surface area contributed by atoms with Crippen LogP contribution in [0.3, 0.4) is 0 Å². The number of aliphatic hydroxyl groups excluding tert-OH is 5. The first-order valence-corrected chi connectivity index (χ1v) is 29.3. The number of rotatable bonds is 47. The van der Waals surface area contributed by atoms with E-state index < -0.39 is 63.1 Å². The van der Waals surface area contributed by atoms with Gasteiger partial charge in [-0.1, -0.05) is 222 Å². The molecular formula is C57H101O12P. The van der Waals surface area contributed by atoms with Crippen molar-refractivity contribution in [3.05, 3.63) is 72.9 Å². The van der Waals surface area contributed by atoms with Crippen LogP contribution in [0.4, 0.5) is 0 Å². The molecule has 0 aliphatic heterocycles. The molecule has 6 atom stereocenters. The number of ether oxygens (including phenoxy) is 2. The van der Waals surface area contributed by atoms with Gasteiger partial charge in [-0.15, -0.1) is 0 Å². The number of hydrogen-bond donors (Lipinski definition) is 6. The molecule has 70 heavy (non-hydrogen) atoms. The molecular weight excluding hydrogens is 908 g/mol. The third-order valence-electron chi connectivity index (χ3n) is 12.6. The van der Waals surface area contributed by atoms with Crippen molar-refractivity contribution in [1.29, 1.82) is 0 Å². The minimum absolute atomic E-state index is 0.0882. The van der Waals surface area contributed by atoms with E-state index in [4.69, 9.17) is 18.5 Å². The Morgan fingerprint density at radius 3 is 1.29 bits per heavy atom. The van der Waals surface area contributed by atoms with Crippen molar-refractivity contribution < 1.29 is 58.3 Å². The quantitative estimate of drug-likeness (QED) is 0.0147. The van der Waals surface area contributed by atoms with Gasteiger partial charge in [0.2, 0.25) is 0 Å². The van der Waals surface area contributed by atoms with Crippen LogP contribution in [0.2, 0.25) is 0 Å². The Labute approximate surface area is 425 Å². The summed E-state index contributed by atoms with van der Waals surface area (Å²) in [6.45, 7) is 4.15. The Morgan fingerprint density at radius 2 is 0.843 bits per heavy atom. The Kier molecular flexibility index (Phi) is 43.8. The van der Waals surface area contributed by atoms with Crippen LogP contribution in [0, 0.1) is 0 Å². The van der Waals surface area contributed by atoms with Crippen LogP contribution in [-0.4, -0.2) is 98.9 Å². The number of carbonyl (C=O) groups excluding carboxylic acids is 1. The average Bonchev–Trinajstić information content (AvgIpc) is 3.35. The van der Waals surface area contributed by atoms with Gasteiger partial charge in [0.25, 0.3) is 0 Å². The summed E-state index contributed by atoms with van der Waals surface area (Å²) in [6, 6.07) is 0. The molecule has 0 spiro atoms. The summed E-state index contributed by atoms with van der Waals surface area (Å²) in [5, 5.41) is 50.4. The number of unbranched alkanes of at least 4 members (excludes halogenated alkanes) is 23. The zero-order chi connectivity index (χ0) is 51.2. The zero-order valence-corrected chi connectivity index (χ0v) is 44.7. The van der Waals surface area contributed by atoms with E-state index in [1.54, 1.807) is 0 Å². The third-order valence-corrected chi connectivity index (χ3v) is 13.6. The lowest BCUT2D eigenvalue weighted by atomic mass is 9.85. The van der Waals surface area contributed by atoms with E-state index in [0.717, 1.165) is 83.5 Å². The molecule has 0 radical (unpaired) electrons. The lowest BCUT2D eigenvalue weighted by molar-refractivity contribution is -0.220. The van der Waals surface area contributed by atoms with Gasteiger partial charge in [0.1, 0.15) is 42.7 Å². The summed E-state index contributed by atoms with van der Waals surface area (Å²) in [4.78, 5) is 23.3. The SMILES string of the molecule is CC/C=C\C/C=C\C/C=C\C/C=C\C/C=C\C/C=C\CCCCCCC(=O)OC(COCCCCCCCCCCCCCCCCCCCCCC)COP(=O)(O)OC1C(O)C(O)C(O)C(O)C1O. The fraction of sp³-hybridized carbons (Fsp3) is 0.772. The summed E-state index contributed by atoms with van der Waals surface area (Å²) >= 11 is 0. The number of allylic oxidation sites excluding steroid dienone is 12. The van der Waals surface area contributed by atoms with Crippen LogP contribution in [0.15, 0.2) is 72.9 Å². The van der Waals surface area contributed by atoms with E-state index >= 15 is 0 Å². The van der Waals surface area contributed by atoms with Crippen LogP contribution in [0.5, 0.6) is 0 Å². The molecule has 0 aromatic carbocycles. The van der Waals surface area contributed by atoms with Gasteiger partial charge in [0, 0.05) is 13.0 Å². The first-order chi connectivity index (χ1) is 34.0. The van der Waals surface area contributed by atoms with Gasteiger partial charge < -0.3 is 39.9 Å². The highest BCUT2D eigenvalue weighted by Crippen LogP contribution is 2.47. The molecule has 0 saturated heterocycles. The molecule has 6 unspecified atom stereocenters. The van der Waals surface area contributed by atoms with Crippen molar-refractivity contribution in [1.82, 2.24) is 0 Å². The fourth-order valence-electron chi connectivity index (χ4n) is 8.24. The Morgan fingerprint density at radius 1 is 0.471 bits per heavy atom. The second-order valence-corrected chi connectivity index (χ2v) is 20.5. The van der Waals surface area contributed by atoms with E-state index in [1.807, 2.05) is 0 Å². The topological polar surface area (TPSA) is 192 Å². The van der Waals surface area contributed by atoms with Gasteiger partial charge in [0.15, 0.2) is 0 Å². The summed E-state index contributed by atoms with van der Waals surface area (Å²) in [6.07, 6.45) is 49.6. The predicted octanol–water partition coefficient (Wildman–Crippen LogP) is 13.1. The van der Waals surface area contributed by atoms with Crippen molar-refractivity contribution in [2.45, 2.75) is 262 Å². The van der Waals surface area contributed by atoms with Crippen molar-refractivity contribution >= 4 is 13.8 Å². The van der Waals surface area contributed by atoms with Crippen molar-refractivity contribution in [3.8, 4) is 0 Å². The second kappa shape index (κ2) is 46.6. The van der Waals surface area contributed by atoms with E-state index in [1.165, 1.54) is 109 Å². The van der Waals surface area contributed by atoms with Gasteiger partial charge in [-0.2, -0.15) is 0 Å². The molecule has 0 aromatic heterocycles. The molecule has 406 valence electrons. The van der Waals surface area contributed by atoms with Gasteiger partial charge in [-0.05, 0) is 64.2 Å². The fourth-order valence-corrected chi connectivity index (χ4v) is 9.22. The number of aliphatic hydroxyl groups is 5. The molecule has 13 heteroatoms. The molecule has 1 fully saturated rings. The molecule has 0 amide bonds. The van der Waals surface area contributed by atoms with Crippen molar-refractivity contribution in [2.24, 2.45) is 0 Å². The van der Waals surface area contributed by atoms with E-state index in [0.29, 0.717) is 13.0 Å². The Balaban J connectivity index is 2.34. The molecule has 1 rings (SSSR count). The monoisotopic (exact) mass is 1010 g/mol. The lowest BCUT2D eigenvalue weighted by Crippen LogP contribution is -2.64. The maximum Gasteiger partial charge on any atom is 0.472 e. The highest BCUT2D eigenvalue weighted by Gasteiger charge is 2.51. The number of hydrogen-bond acceptors (Lipinski definition) is 11. The number of phosphoric ester groups is 1.